The Balaban J connectivity index is 2.29. The summed E-state index contributed by atoms with van der Waals surface area (Å²) in [5.41, 5.74) is 1.83. The smallest absolute Gasteiger partial charge is 0.266 e. The summed E-state index contributed by atoms with van der Waals surface area (Å²) in [4.78, 5) is 31.6. The minimum atomic E-state index is -1.20. The first-order valence-electron chi connectivity index (χ1n) is 10.1. The van der Waals surface area contributed by atoms with E-state index in [1.807, 2.05) is 26.8 Å². The monoisotopic (exact) mass is 479 g/mol. The van der Waals surface area contributed by atoms with E-state index in [0.717, 1.165) is 18.4 Å². The second kappa shape index (κ2) is 10.0. The van der Waals surface area contributed by atoms with Crippen LogP contribution in [0.1, 0.15) is 44.1 Å². The highest BCUT2D eigenvalue weighted by molar-refractivity contribution is 6.53. The van der Waals surface area contributed by atoms with E-state index in [2.05, 4.69) is 0 Å². The number of hydrogen-bond acceptors (Lipinski definition) is 3. The van der Waals surface area contributed by atoms with Gasteiger partial charge in [-0.2, -0.15) is 0 Å². The maximum absolute atomic E-state index is 13.6. The molecule has 0 aliphatic carbocycles. The third kappa shape index (κ3) is 4.89. The maximum atomic E-state index is 13.6. The highest BCUT2D eigenvalue weighted by Gasteiger charge is 2.29. The van der Waals surface area contributed by atoms with Crippen molar-refractivity contribution in [2.75, 3.05) is 6.54 Å². The number of aromatic nitrogens is 2. The summed E-state index contributed by atoms with van der Waals surface area (Å²) >= 11 is 18.0. The van der Waals surface area contributed by atoms with E-state index >= 15 is 0 Å². The number of halogens is 3. The van der Waals surface area contributed by atoms with Crippen LogP contribution in [0.25, 0.3) is 16.6 Å². The van der Waals surface area contributed by atoms with E-state index in [9.17, 15) is 9.59 Å². The van der Waals surface area contributed by atoms with Gasteiger partial charge in [-0.05, 0) is 56.2 Å². The van der Waals surface area contributed by atoms with Gasteiger partial charge in [-0.25, -0.2) is 4.98 Å². The molecule has 5 nitrogen and oxygen atoms in total. The molecule has 0 aliphatic heterocycles. The van der Waals surface area contributed by atoms with Crippen LogP contribution in [0, 0.1) is 6.92 Å². The van der Waals surface area contributed by atoms with Crippen LogP contribution < -0.4 is 5.56 Å². The van der Waals surface area contributed by atoms with Crippen molar-refractivity contribution in [2.24, 2.45) is 0 Å². The Kier molecular flexibility index (Phi) is 7.63. The SMILES string of the molecule is CCCCN(C(=O)C(Cl)Cl)C(C)c1nc2ccccc2c(=O)n1-c1ccc(Cl)cc1C. The Labute approximate surface area is 196 Å². The molecule has 3 aromatic rings. The lowest BCUT2D eigenvalue weighted by atomic mass is 10.1. The molecular weight excluding hydrogens is 457 g/mol. The Morgan fingerprint density at radius 1 is 1.19 bits per heavy atom. The van der Waals surface area contributed by atoms with E-state index in [1.165, 1.54) is 0 Å². The number of aryl methyl sites for hydroxylation is 1. The van der Waals surface area contributed by atoms with Crippen molar-refractivity contribution in [2.45, 2.75) is 44.5 Å². The molecule has 0 N–H and O–H groups in total. The molecule has 8 heteroatoms. The molecule has 1 aromatic heterocycles. The fraction of sp³-hybridized carbons (Fsp3) is 0.348. The van der Waals surface area contributed by atoms with Gasteiger partial charge in [0.25, 0.3) is 11.5 Å². The highest BCUT2D eigenvalue weighted by atomic mass is 35.5. The van der Waals surface area contributed by atoms with Gasteiger partial charge in [0.2, 0.25) is 0 Å². The number of amides is 1. The lowest BCUT2D eigenvalue weighted by Gasteiger charge is -2.31. The predicted octanol–water partition coefficient (Wildman–Crippen LogP) is 5.84. The summed E-state index contributed by atoms with van der Waals surface area (Å²) in [7, 11) is 0. The Morgan fingerprint density at radius 3 is 2.55 bits per heavy atom. The summed E-state index contributed by atoms with van der Waals surface area (Å²) in [5, 5.41) is 1.07. The summed E-state index contributed by atoms with van der Waals surface area (Å²) in [6.45, 7) is 6.20. The van der Waals surface area contributed by atoms with Crippen molar-refractivity contribution in [1.29, 1.82) is 0 Å². The molecule has 0 spiro atoms. The highest BCUT2D eigenvalue weighted by Crippen LogP contribution is 2.27. The number of unbranched alkanes of at least 4 members (excludes halogenated alkanes) is 1. The first-order valence-corrected chi connectivity index (χ1v) is 11.4. The van der Waals surface area contributed by atoms with Crippen molar-refractivity contribution in [3.05, 3.63) is 69.2 Å². The van der Waals surface area contributed by atoms with Gasteiger partial charge in [0, 0.05) is 11.6 Å². The van der Waals surface area contributed by atoms with Gasteiger partial charge in [-0.1, -0.05) is 60.3 Å². The van der Waals surface area contributed by atoms with Crippen LogP contribution in [0.4, 0.5) is 0 Å². The van der Waals surface area contributed by atoms with Crippen LogP contribution >= 0.6 is 34.8 Å². The minimum absolute atomic E-state index is 0.214. The second-order valence-electron chi connectivity index (χ2n) is 7.42. The van der Waals surface area contributed by atoms with Crippen molar-refractivity contribution < 1.29 is 4.79 Å². The molecule has 2 aromatic carbocycles. The van der Waals surface area contributed by atoms with Crippen LogP contribution in [0.15, 0.2) is 47.3 Å². The molecular formula is C23H24Cl3N3O2. The van der Waals surface area contributed by atoms with E-state index in [1.54, 1.807) is 45.9 Å². The summed E-state index contributed by atoms with van der Waals surface area (Å²) in [6, 6.07) is 11.9. The number of carbonyl (C=O) groups excluding carboxylic acids is 1. The van der Waals surface area contributed by atoms with Gasteiger partial charge in [-0.3, -0.25) is 14.2 Å². The largest absolute Gasteiger partial charge is 0.330 e. The Morgan fingerprint density at radius 2 is 1.90 bits per heavy atom. The van der Waals surface area contributed by atoms with Gasteiger partial charge in [-0.15, -0.1) is 0 Å². The number of rotatable bonds is 7. The molecule has 1 heterocycles. The van der Waals surface area contributed by atoms with Gasteiger partial charge in [0.05, 0.1) is 22.6 Å². The molecule has 0 fully saturated rings. The Hall–Kier alpha value is -2.08. The van der Waals surface area contributed by atoms with Crippen LogP contribution in [0.2, 0.25) is 5.02 Å². The average Bonchev–Trinajstić information content (AvgIpc) is 2.74. The Bertz CT molecular complexity index is 1160. The molecule has 0 radical (unpaired) electrons. The molecule has 1 atom stereocenters. The van der Waals surface area contributed by atoms with E-state index in [4.69, 9.17) is 39.8 Å². The van der Waals surface area contributed by atoms with Crippen LogP contribution in [0.3, 0.4) is 0 Å². The molecule has 0 aliphatic rings. The summed E-state index contributed by atoms with van der Waals surface area (Å²) in [5.74, 6) is 0.0265. The lowest BCUT2D eigenvalue weighted by Crippen LogP contribution is -2.40. The minimum Gasteiger partial charge on any atom is -0.330 e. The maximum Gasteiger partial charge on any atom is 0.266 e. The number of benzene rings is 2. The van der Waals surface area contributed by atoms with Crippen molar-refractivity contribution >= 4 is 51.6 Å². The van der Waals surface area contributed by atoms with Gasteiger partial charge in [0.1, 0.15) is 5.82 Å². The van der Waals surface area contributed by atoms with E-state index in [-0.39, 0.29) is 5.56 Å². The van der Waals surface area contributed by atoms with Crippen LogP contribution in [0.5, 0.6) is 0 Å². The van der Waals surface area contributed by atoms with Crippen LogP contribution in [-0.4, -0.2) is 31.7 Å². The van der Waals surface area contributed by atoms with E-state index in [0.29, 0.717) is 34.0 Å². The number of para-hydroxylation sites is 1. The summed E-state index contributed by atoms with van der Waals surface area (Å²) in [6.07, 6.45) is 1.66. The van der Waals surface area contributed by atoms with Crippen molar-refractivity contribution in [3.8, 4) is 5.69 Å². The molecule has 0 saturated carbocycles. The zero-order valence-corrected chi connectivity index (χ0v) is 19.9. The van der Waals surface area contributed by atoms with Crippen LogP contribution in [-0.2, 0) is 4.79 Å². The lowest BCUT2D eigenvalue weighted by molar-refractivity contribution is -0.131. The van der Waals surface area contributed by atoms with E-state index < -0.39 is 16.8 Å². The number of carbonyl (C=O) groups is 1. The normalized spacial score (nSPS) is 12.4. The molecule has 1 amide bonds. The number of nitrogens with zero attached hydrogens (tertiary/aromatic N) is 3. The molecule has 31 heavy (non-hydrogen) atoms. The first-order chi connectivity index (χ1) is 14.8. The molecule has 164 valence electrons. The van der Waals surface area contributed by atoms with Crippen molar-refractivity contribution in [1.82, 2.24) is 14.5 Å². The number of hydrogen-bond donors (Lipinski definition) is 0. The molecule has 3 rings (SSSR count). The first kappa shape index (κ1) is 23.6. The fourth-order valence-corrected chi connectivity index (χ4v) is 4.10. The third-order valence-corrected chi connectivity index (χ3v) is 5.87. The van der Waals surface area contributed by atoms with Crippen molar-refractivity contribution in [3.63, 3.8) is 0 Å². The fourth-order valence-electron chi connectivity index (χ4n) is 3.62. The standard InChI is InChI=1S/C23H24Cl3N3O2/c1-4-5-12-28(23(31)20(25)26)15(3)21-27-18-9-7-6-8-17(18)22(30)29(21)19-11-10-16(24)13-14(19)2/h6-11,13,15,20H,4-5,12H2,1-3H3. The molecule has 0 saturated heterocycles. The molecule has 1 unspecified atom stereocenters. The average molecular weight is 481 g/mol. The predicted molar refractivity (Wildman–Crippen MR) is 128 cm³/mol. The molecule has 0 bridgehead atoms. The van der Waals surface area contributed by atoms with Gasteiger partial charge < -0.3 is 4.90 Å². The van der Waals surface area contributed by atoms with Gasteiger partial charge in [0.15, 0.2) is 4.84 Å². The third-order valence-electron chi connectivity index (χ3n) is 5.26. The zero-order chi connectivity index (χ0) is 22.7. The number of alkyl halides is 2. The second-order valence-corrected chi connectivity index (χ2v) is 8.95. The summed E-state index contributed by atoms with van der Waals surface area (Å²) < 4.78 is 1.56. The quantitative estimate of drug-likeness (QED) is 0.399. The topological polar surface area (TPSA) is 55.2 Å². The van der Waals surface area contributed by atoms with Gasteiger partial charge >= 0.3 is 0 Å². The zero-order valence-electron chi connectivity index (χ0n) is 17.6. The number of fused-ring (bicyclic) bond motifs is 1.